The number of ether oxygens (including phenoxy) is 1. The first-order valence-electron chi connectivity index (χ1n) is 7.24. The minimum absolute atomic E-state index is 0.371. The molecule has 1 aliphatic heterocycles. The maximum absolute atomic E-state index is 5.57. The van der Waals surface area contributed by atoms with E-state index in [1.165, 1.54) is 16.8 Å². The van der Waals surface area contributed by atoms with Crippen LogP contribution in [0.15, 0.2) is 30.5 Å². The fraction of sp³-hybridized carbons (Fsp3) is 0.438. The molecule has 1 atom stereocenters. The van der Waals surface area contributed by atoms with E-state index in [4.69, 9.17) is 4.74 Å². The van der Waals surface area contributed by atoms with Gasteiger partial charge >= 0.3 is 0 Å². The zero-order valence-electron chi connectivity index (χ0n) is 12.1. The molecule has 0 amide bonds. The Balaban J connectivity index is 1.71. The third kappa shape index (κ3) is 2.56. The Morgan fingerprint density at radius 2 is 2.30 bits per heavy atom. The monoisotopic (exact) mass is 271 g/mol. The molecule has 20 heavy (non-hydrogen) atoms. The molecule has 1 aliphatic rings. The van der Waals surface area contributed by atoms with E-state index < -0.39 is 0 Å². The average Bonchev–Trinajstić information content (AvgIpc) is 3.08. The predicted octanol–water partition coefficient (Wildman–Crippen LogP) is 2.60. The molecule has 0 fully saturated rings. The summed E-state index contributed by atoms with van der Waals surface area (Å²) < 4.78 is 7.48. The van der Waals surface area contributed by atoms with Crippen LogP contribution >= 0.6 is 0 Å². The van der Waals surface area contributed by atoms with E-state index in [1.807, 2.05) is 17.9 Å². The molecule has 0 saturated carbocycles. The highest BCUT2D eigenvalue weighted by molar-refractivity contribution is 5.40. The van der Waals surface area contributed by atoms with Crippen LogP contribution in [0.2, 0.25) is 0 Å². The summed E-state index contributed by atoms with van der Waals surface area (Å²) in [7, 11) is 1.98. The minimum atomic E-state index is 0.371. The van der Waals surface area contributed by atoms with E-state index in [1.54, 1.807) is 0 Å². The van der Waals surface area contributed by atoms with Crippen LogP contribution in [0.3, 0.4) is 0 Å². The summed E-state index contributed by atoms with van der Waals surface area (Å²) in [6, 6.07) is 8.99. The maximum Gasteiger partial charge on any atom is 0.122 e. The first kappa shape index (κ1) is 13.2. The second kappa shape index (κ2) is 5.67. The molecule has 2 aromatic rings. The lowest BCUT2D eigenvalue weighted by atomic mass is 10.0. The standard InChI is InChI=1S/C16H21N3O/c1-3-15(17-11-14-6-8-18-19(14)2)12-4-5-16-13(10-12)7-9-20-16/h4-6,8,10,15,17H,3,7,9,11H2,1-2H3. The van der Waals surface area contributed by atoms with Gasteiger partial charge in [-0.1, -0.05) is 19.1 Å². The van der Waals surface area contributed by atoms with Gasteiger partial charge in [-0.3, -0.25) is 4.68 Å². The molecule has 106 valence electrons. The van der Waals surface area contributed by atoms with Crippen LogP contribution in [-0.2, 0) is 20.0 Å². The van der Waals surface area contributed by atoms with Gasteiger partial charge in [0, 0.05) is 32.3 Å². The molecule has 4 heteroatoms. The molecule has 3 rings (SSSR count). The molecule has 1 unspecified atom stereocenters. The van der Waals surface area contributed by atoms with Gasteiger partial charge in [-0.2, -0.15) is 5.10 Å². The number of benzene rings is 1. The van der Waals surface area contributed by atoms with Gasteiger partial charge in [-0.25, -0.2) is 0 Å². The van der Waals surface area contributed by atoms with E-state index in [0.717, 1.165) is 31.7 Å². The van der Waals surface area contributed by atoms with Crippen LogP contribution in [0, 0.1) is 0 Å². The van der Waals surface area contributed by atoms with Crippen molar-refractivity contribution in [2.24, 2.45) is 7.05 Å². The van der Waals surface area contributed by atoms with E-state index in [9.17, 15) is 0 Å². The molecular formula is C16H21N3O. The summed E-state index contributed by atoms with van der Waals surface area (Å²) in [5.41, 5.74) is 3.88. The lowest BCUT2D eigenvalue weighted by Gasteiger charge is -2.18. The van der Waals surface area contributed by atoms with E-state index in [0.29, 0.717) is 6.04 Å². The summed E-state index contributed by atoms with van der Waals surface area (Å²) in [4.78, 5) is 0. The zero-order chi connectivity index (χ0) is 13.9. The Hall–Kier alpha value is -1.81. The molecule has 0 aliphatic carbocycles. The van der Waals surface area contributed by atoms with Crippen LogP contribution in [0.4, 0.5) is 0 Å². The van der Waals surface area contributed by atoms with Crippen molar-refractivity contribution in [2.45, 2.75) is 32.4 Å². The molecule has 0 spiro atoms. The van der Waals surface area contributed by atoms with Crippen molar-refractivity contribution < 1.29 is 4.74 Å². The Kier molecular flexibility index (Phi) is 3.74. The smallest absolute Gasteiger partial charge is 0.122 e. The third-order valence-electron chi connectivity index (χ3n) is 3.98. The topological polar surface area (TPSA) is 39.1 Å². The average molecular weight is 271 g/mol. The van der Waals surface area contributed by atoms with E-state index in [-0.39, 0.29) is 0 Å². The second-order valence-corrected chi connectivity index (χ2v) is 5.25. The SMILES string of the molecule is CCC(NCc1ccnn1C)c1ccc2c(c1)CCO2. The summed E-state index contributed by atoms with van der Waals surface area (Å²) in [5, 5.41) is 7.82. The van der Waals surface area contributed by atoms with Crippen LogP contribution in [0.25, 0.3) is 0 Å². The largest absolute Gasteiger partial charge is 0.493 e. The molecule has 1 aromatic carbocycles. The highest BCUT2D eigenvalue weighted by Crippen LogP contribution is 2.29. The molecule has 2 heterocycles. The third-order valence-corrected chi connectivity index (χ3v) is 3.98. The number of hydrogen-bond acceptors (Lipinski definition) is 3. The number of fused-ring (bicyclic) bond motifs is 1. The summed E-state index contributed by atoms with van der Waals surface area (Å²) in [6.07, 6.45) is 3.93. The normalized spacial score (nSPS) is 14.9. The number of hydrogen-bond donors (Lipinski definition) is 1. The minimum Gasteiger partial charge on any atom is -0.493 e. The fourth-order valence-corrected chi connectivity index (χ4v) is 2.72. The Morgan fingerprint density at radius 3 is 3.05 bits per heavy atom. The van der Waals surface area contributed by atoms with Gasteiger partial charge in [0.1, 0.15) is 5.75 Å². The fourth-order valence-electron chi connectivity index (χ4n) is 2.72. The van der Waals surface area contributed by atoms with E-state index >= 15 is 0 Å². The molecular weight excluding hydrogens is 250 g/mol. The highest BCUT2D eigenvalue weighted by atomic mass is 16.5. The molecule has 0 saturated heterocycles. The lowest BCUT2D eigenvalue weighted by Crippen LogP contribution is -2.21. The maximum atomic E-state index is 5.57. The van der Waals surface area contributed by atoms with Gasteiger partial charge < -0.3 is 10.1 Å². The Labute approximate surface area is 119 Å². The number of rotatable bonds is 5. The summed E-state index contributed by atoms with van der Waals surface area (Å²) in [5.74, 6) is 1.05. The first-order valence-corrected chi connectivity index (χ1v) is 7.24. The zero-order valence-corrected chi connectivity index (χ0v) is 12.1. The van der Waals surface area contributed by atoms with Crippen molar-refractivity contribution in [3.63, 3.8) is 0 Å². The summed E-state index contributed by atoms with van der Waals surface area (Å²) >= 11 is 0. The van der Waals surface area contributed by atoms with Crippen LogP contribution < -0.4 is 10.1 Å². The molecule has 0 bridgehead atoms. The van der Waals surface area contributed by atoms with Gasteiger partial charge in [-0.15, -0.1) is 0 Å². The predicted molar refractivity (Wildman–Crippen MR) is 78.7 cm³/mol. The van der Waals surface area contributed by atoms with Crippen molar-refractivity contribution in [2.75, 3.05) is 6.61 Å². The number of nitrogens with zero attached hydrogens (tertiary/aromatic N) is 2. The molecule has 1 N–H and O–H groups in total. The van der Waals surface area contributed by atoms with E-state index in [2.05, 4.69) is 41.6 Å². The van der Waals surface area contributed by atoms with Crippen LogP contribution in [0.1, 0.15) is 36.2 Å². The highest BCUT2D eigenvalue weighted by Gasteiger charge is 2.16. The number of aromatic nitrogens is 2. The van der Waals surface area contributed by atoms with Gasteiger partial charge in [0.25, 0.3) is 0 Å². The van der Waals surface area contributed by atoms with Crippen LogP contribution in [-0.4, -0.2) is 16.4 Å². The Morgan fingerprint density at radius 1 is 1.40 bits per heavy atom. The number of aryl methyl sites for hydroxylation is 1. The number of nitrogens with one attached hydrogen (secondary N) is 1. The van der Waals surface area contributed by atoms with Crippen LogP contribution in [0.5, 0.6) is 5.75 Å². The second-order valence-electron chi connectivity index (χ2n) is 5.25. The molecule has 1 aromatic heterocycles. The van der Waals surface area contributed by atoms with Crippen molar-refractivity contribution in [3.05, 3.63) is 47.3 Å². The first-order chi connectivity index (χ1) is 9.78. The molecule has 0 radical (unpaired) electrons. The summed E-state index contributed by atoms with van der Waals surface area (Å²) in [6.45, 7) is 3.87. The van der Waals surface area contributed by atoms with Gasteiger partial charge in [0.05, 0.1) is 12.3 Å². The van der Waals surface area contributed by atoms with Gasteiger partial charge in [0.2, 0.25) is 0 Å². The van der Waals surface area contributed by atoms with Crippen molar-refractivity contribution in [3.8, 4) is 5.75 Å². The molecule has 4 nitrogen and oxygen atoms in total. The lowest BCUT2D eigenvalue weighted by molar-refractivity contribution is 0.356. The van der Waals surface area contributed by atoms with Crippen molar-refractivity contribution in [1.82, 2.24) is 15.1 Å². The van der Waals surface area contributed by atoms with Crippen molar-refractivity contribution >= 4 is 0 Å². The van der Waals surface area contributed by atoms with Crippen molar-refractivity contribution in [1.29, 1.82) is 0 Å². The van der Waals surface area contributed by atoms with Gasteiger partial charge in [0.15, 0.2) is 0 Å². The Bertz CT molecular complexity index is 591. The van der Waals surface area contributed by atoms with Gasteiger partial charge in [-0.05, 0) is 29.7 Å². The quantitative estimate of drug-likeness (QED) is 0.908.